The van der Waals surface area contributed by atoms with Gasteiger partial charge in [-0.25, -0.2) is 0 Å². The minimum Gasteiger partial charge on any atom is -0.392 e. The van der Waals surface area contributed by atoms with Crippen molar-refractivity contribution >= 4 is 5.69 Å². The fourth-order valence-electron chi connectivity index (χ4n) is 2.99. The Morgan fingerprint density at radius 2 is 1.48 bits per heavy atom. The number of ether oxygens (including phenoxy) is 1. The second kappa shape index (κ2) is 8.11. The maximum absolute atomic E-state index is 9.40. The maximum Gasteiger partial charge on any atom is 0.0685 e. The lowest BCUT2D eigenvalue weighted by Crippen LogP contribution is -2.37. The molecule has 4 heteroatoms. The van der Waals surface area contributed by atoms with Crippen LogP contribution in [0.4, 0.5) is 5.69 Å². The molecule has 2 N–H and O–H groups in total. The predicted octanol–water partition coefficient (Wildman–Crippen LogP) is 2.31. The SMILES string of the molecule is OCc1ccccc1CNCc1ccccc1N1CCOCC1. The highest BCUT2D eigenvalue weighted by molar-refractivity contribution is 5.53. The van der Waals surface area contributed by atoms with Gasteiger partial charge in [-0.2, -0.15) is 0 Å². The number of anilines is 1. The molecule has 1 aliphatic rings. The van der Waals surface area contributed by atoms with Crippen LogP contribution in [0.3, 0.4) is 0 Å². The number of nitrogens with zero attached hydrogens (tertiary/aromatic N) is 1. The molecule has 1 aliphatic heterocycles. The number of hydrogen-bond acceptors (Lipinski definition) is 4. The zero-order chi connectivity index (χ0) is 15.9. The van der Waals surface area contributed by atoms with E-state index in [1.165, 1.54) is 11.3 Å². The first kappa shape index (κ1) is 16.0. The van der Waals surface area contributed by atoms with E-state index in [-0.39, 0.29) is 6.61 Å². The summed E-state index contributed by atoms with van der Waals surface area (Å²) in [6, 6.07) is 16.5. The lowest BCUT2D eigenvalue weighted by molar-refractivity contribution is 0.122. The molecule has 1 saturated heterocycles. The van der Waals surface area contributed by atoms with E-state index in [4.69, 9.17) is 4.74 Å². The Kier molecular flexibility index (Phi) is 5.64. The third-order valence-corrected chi connectivity index (χ3v) is 4.26. The summed E-state index contributed by atoms with van der Waals surface area (Å²) in [7, 11) is 0. The number of aliphatic hydroxyl groups is 1. The Labute approximate surface area is 137 Å². The van der Waals surface area contributed by atoms with Crippen molar-refractivity contribution in [3.63, 3.8) is 0 Å². The molecule has 0 atom stereocenters. The van der Waals surface area contributed by atoms with Crippen LogP contribution in [-0.2, 0) is 24.4 Å². The van der Waals surface area contributed by atoms with Gasteiger partial charge >= 0.3 is 0 Å². The summed E-state index contributed by atoms with van der Waals surface area (Å²) in [6.45, 7) is 5.15. The van der Waals surface area contributed by atoms with Crippen molar-refractivity contribution in [3.05, 3.63) is 65.2 Å². The van der Waals surface area contributed by atoms with Gasteiger partial charge in [0.1, 0.15) is 0 Å². The molecule has 0 aliphatic carbocycles. The molecule has 1 fully saturated rings. The quantitative estimate of drug-likeness (QED) is 0.859. The van der Waals surface area contributed by atoms with Gasteiger partial charge in [-0.05, 0) is 22.8 Å². The molecule has 2 aromatic carbocycles. The molecular formula is C19H24N2O2. The summed E-state index contributed by atoms with van der Waals surface area (Å²) in [5, 5.41) is 12.9. The Morgan fingerprint density at radius 3 is 2.22 bits per heavy atom. The van der Waals surface area contributed by atoms with E-state index >= 15 is 0 Å². The van der Waals surface area contributed by atoms with Gasteiger partial charge in [-0.3, -0.25) is 0 Å². The lowest BCUT2D eigenvalue weighted by Gasteiger charge is -2.30. The van der Waals surface area contributed by atoms with Gasteiger partial charge in [0.05, 0.1) is 19.8 Å². The molecule has 0 unspecified atom stereocenters. The standard InChI is InChI=1S/C19H24N2O2/c22-15-18-7-2-1-5-16(18)13-20-14-17-6-3-4-8-19(17)21-9-11-23-12-10-21/h1-8,20,22H,9-15H2. The second-order valence-electron chi connectivity index (χ2n) is 5.76. The predicted molar refractivity (Wildman–Crippen MR) is 92.4 cm³/mol. The first-order valence-electron chi connectivity index (χ1n) is 8.17. The van der Waals surface area contributed by atoms with Crippen LogP contribution in [-0.4, -0.2) is 31.4 Å². The number of hydrogen-bond donors (Lipinski definition) is 2. The number of aliphatic hydroxyl groups excluding tert-OH is 1. The van der Waals surface area contributed by atoms with Crippen LogP contribution in [0.1, 0.15) is 16.7 Å². The van der Waals surface area contributed by atoms with Gasteiger partial charge < -0.3 is 20.1 Å². The zero-order valence-corrected chi connectivity index (χ0v) is 13.4. The van der Waals surface area contributed by atoms with Gasteiger partial charge in [-0.15, -0.1) is 0 Å². The van der Waals surface area contributed by atoms with Crippen molar-refractivity contribution < 1.29 is 9.84 Å². The first-order chi connectivity index (χ1) is 11.4. The Bertz CT molecular complexity index is 624. The monoisotopic (exact) mass is 312 g/mol. The van der Waals surface area contributed by atoms with Crippen LogP contribution in [0.25, 0.3) is 0 Å². The summed E-state index contributed by atoms with van der Waals surface area (Å²) < 4.78 is 5.44. The number of benzene rings is 2. The molecule has 122 valence electrons. The smallest absolute Gasteiger partial charge is 0.0685 e. The van der Waals surface area contributed by atoms with Gasteiger partial charge in [0.2, 0.25) is 0 Å². The molecule has 0 amide bonds. The Morgan fingerprint density at radius 1 is 0.870 bits per heavy atom. The van der Waals surface area contributed by atoms with Crippen LogP contribution < -0.4 is 10.2 Å². The highest BCUT2D eigenvalue weighted by atomic mass is 16.5. The second-order valence-corrected chi connectivity index (χ2v) is 5.76. The number of nitrogens with one attached hydrogen (secondary N) is 1. The average molecular weight is 312 g/mol. The molecule has 2 aromatic rings. The van der Waals surface area contributed by atoms with Gasteiger partial charge in [0.15, 0.2) is 0 Å². The topological polar surface area (TPSA) is 44.7 Å². The van der Waals surface area contributed by atoms with Gasteiger partial charge in [0.25, 0.3) is 0 Å². The Hall–Kier alpha value is -1.88. The van der Waals surface area contributed by atoms with E-state index in [0.29, 0.717) is 0 Å². The van der Waals surface area contributed by atoms with E-state index in [9.17, 15) is 5.11 Å². The number of rotatable bonds is 6. The third-order valence-electron chi connectivity index (χ3n) is 4.26. The molecule has 1 heterocycles. The lowest BCUT2D eigenvalue weighted by atomic mass is 10.1. The summed E-state index contributed by atoms with van der Waals surface area (Å²) in [5.41, 5.74) is 4.73. The fourth-order valence-corrected chi connectivity index (χ4v) is 2.99. The van der Waals surface area contributed by atoms with Crippen molar-refractivity contribution in [1.29, 1.82) is 0 Å². The maximum atomic E-state index is 9.40. The molecular weight excluding hydrogens is 288 g/mol. The molecule has 23 heavy (non-hydrogen) atoms. The fraction of sp³-hybridized carbons (Fsp3) is 0.368. The molecule has 3 rings (SSSR count). The van der Waals surface area contributed by atoms with E-state index in [1.54, 1.807) is 0 Å². The normalized spacial score (nSPS) is 14.9. The first-order valence-corrected chi connectivity index (χ1v) is 8.17. The molecule has 0 saturated carbocycles. The van der Waals surface area contributed by atoms with E-state index in [2.05, 4.69) is 40.5 Å². The highest BCUT2D eigenvalue weighted by Gasteiger charge is 2.14. The Balaban J connectivity index is 1.64. The van der Waals surface area contributed by atoms with Crippen molar-refractivity contribution in [2.24, 2.45) is 0 Å². The summed E-state index contributed by atoms with van der Waals surface area (Å²) in [5.74, 6) is 0. The summed E-state index contributed by atoms with van der Waals surface area (Å²) >= 11 is 0. The average Bonchev–Trinajstić information content (AvgIpc) is 2.63. The molecule has 0 spiro atoms. The van der Waals surface area contributed by atoms with Crippen molar-refractivity contribution in [1.82, 2.24) is 5.32 Å². The van der Waals surface area contributed by atoms with Crippen molar-refractivity contribution in [2.75, 3.05) is 31.2 Å². The van der Waals surface area contributed by atoms with Crippen LogP contribution in [0.15, 0.2) is 48.5 Å². The van der Waals surface area contributed by atoms with Crippen LogP contribution in [0, 0.1) is 0 Å². The van der Waals surface area contributed by atoms with Crippen molar-refractivity contribution in [2.45, 2.75) is 19.7 Å². The van der Waals surface area contributed by atoms with E-state index < -0.39 is 0 Å². The van der Waals surface area contributed by atoms with Gasteiger partial charge in [0, 0.05) is 31.9 Å². The van der Waals surface area contributed by atoms with E-state index in [1.807, 2.05) is 18.2 Å². The minimum atomic E-state index is 0.0855. The summed E-state index contributed by atoms with van der Waals surface area (Å²) in [4.78, 5) is 2.39. The minimum absolute atomic E-state index is 0.0855. The van der Waals surface area contributed by atoms with Crippen LogP contribution >= 0.6 is 0 Å². The molecule has 0 aromatic heterocycles. The van der Waals surface area contributed by atoms with Crippen LogP contribution in [0.5, 0.6) is 0 Å². The largest absolute Gasteiger partial charge is 0.392 e. The number of morpholine rings is 1. The van der Waals surface area contributed by atoms with E-state index in [0.717, 1.165) is 50.5 Å². The van der Waals surface area contributed by atoms with Crippen LogP contribution in [0.2, 0.25) is 0 Å². The summed E-state index contributed by atoms with van der Waals surface area (Å²) in [6.07, 6.45) is 0. The third kappa shape index (κ3) is 4.10. The van der Waals surface area contributed by atoms with Crippen molar-refractivity contribution in [3.8, 4) is 0 Å². The van der Waals surface area contributed by atoms with Gasteiger partial charge in [-0.1, -0.05) is 42.5 Å². The zero-order valence-electron chi connectivity index (χ0n) is 13.4. The molecule has 0 radical (unpaired) electrons. The highest BCUT2D eigenvalue weighted by Crippen LogP contribution is 2.21. The molecule has 0 bridgehead atoms. The molecule has 4 nitrogen and oxygen atoms in total. The number of para-hydroxylation sites is 1.